The topological polar surface area (TPSA) is 75.4 Å². The Hall–Kier alpha value is -1.85. The molecule has 0 aromatic carbocycles. The Morgan fingerprint density at radius 3 is 2.67 bits per heavy atom. The Kier molecular flexibility index (Phi) is 4.98. The average molecular weight is 293 g/mol. The van der Waals surface area contributed by atoms with Crippen molar-refractivity contribution in [3.8, 4) is 0 Å². The summed E-state index contributed by atoms with van der Waals surface area (Å²) in [5, 5.41) is 8.97. The van der Waals surface area contributed by atoms with Crippen LogP contribution in [-0.4, -0.2) is 44.5 Å². The third-order valence-electron chi connectivity index (χ3n) is 4.34. The number of aliphatic carboxylic acids is 1. The van der Waals surface area contributed by atoms with Crippen molar-refractivity contribution in [2.24, 2.45) is 11.8 Å². The zero-order valence-corrected chi connectivity index (χ0v) is 12.6. The molecule has 0 spiro atoms. The van der Waals surface area contributed by atoms with Gasteiger partial charge in [-0.25, -0.2) is 4.98 Å². The van der Waals surface area contributed by atoms with Crippen LogP contribution in [0.3, 0.4) is 0 Å². The quantitative estimate of drug-likeness (QED) is 0.831. The van der Waals surface area contributed by atoms with Gasteiger partial charge in [0.25, 0.3) is 0 Å². The fourth-order valence-corrected chi connectivity index (χ4v) is 2.74. The van der Waals surface area contributed by atoms with Gasteiger partial charge in [0.15, 0.2) is 0 Å². The fraction of sp³-hybridized carbons (Fsp3) is 0.667. The Balaban J connectivity index is 1.86. The van der Waals surface area contributed by atoms with Gasteiger partial charge < -0.3 is 14.6 Å². The molecule has 0 bridgehead atoms. The summed E-state index contributed by atoms with van der Waals surface area (Å²) in [6.45, 7) is 4.94. The summed E-state index contributed by atoms with van der Waals surface area (Å²) in [6, 6.07) is 0.140. The third kappa shape index (κ3) is 3.62. The highest BCUT2D eigenvalue weighted by molar-refractivity contribution is 5.78. The molecule has 116 valence electrons. The van der Waals surface area contributed by atoms with Crippen molar-refractivity contribution >= 4 is 11.9 Å². The number of aromatic nitrogens is 2. The molecular weight excluding hydrogens is 270 g/mol. The molecule has 2 atom stereocenters. The van der Waals surface area contributed by atoms with Crippen molar-refractivity contribution in [2.45, 2.75) is 39.2 Å². The highest BCUT2D eigenvalue weighted by Crippen LogP contribution is 2.27. The lowest BCUT2D eigenvalue weighted by atomic mass is 9.86. The molecule has 1 N–H and O–H groups in total. The maximum atomic E-state index is 12.3. The highest BCUT2D eigenvalue weighted by atomic mass is 16.4. The maximum absolute atomic E-state index is 12.3. The van der Waals surface area contributed by atoms with Gasteiger partial charge in [-0.1, -0.05) is 20.3 Å². The van der Waals surface area contributed by atoms with Crippen molar-refractivity contribution in [1.82, 2.24) is 14.5 Å². The van der Waals surface area contributed by atoms with E-state index in [1.807, 2.05) is 10.8 Å². The molecule has 1 aromatic heterocycles. The predicted molar refractivity (Wildman–Crippen MR) is 77.7 cm³/mol. The number of carbonyl (C=O) groups is 2. The number of hydrogen-bond donors (Lipinski definition) is 1. The molecule has 0 radical (unpaired) electrons. The van der Waals surface area contributed by atoms with Gasteiger partial charge in [-0.05, 0) is 6.42 Å². The molecule has 21 heavy (non-hydrogen) atoms. The zero-order valence-electron chi connectivity index (χ0n) is 12.6. The number of nitrogens with zero attached hydrogens (tertiary/aromatic N) is 3. The summed E-state index contributed by atoms with van der Waals surface area (Å²) in [6.07, 6.45) is 7.76. The second-order valence-electron chi connectivity index (χ2n) is 5.84. The van der Waals surface area contributed by atoms with E-state index in [0.29, 0.717) is 19.5 Å². The van der Waals surface area contributed by atoms with E-state index in [0.717, 1.165) is 12.8 Å². The largest absolute Gasteiger partial charge is 0.481 e. The summed E-state index contributed by atoms with van der Waals surface area (Å²) in [5.74, 6) is -0.969. The van der Waals surface area contributed by atoms with Crippen molar-refractivity contribution in [3.63, 3.8) is 0 Å². The molecule has 6 heteroatoms. The Bertz CT molecular complexity index is 480. The van der Waals surface area contributed by atoms with Crippen LogP contribution in [0.15, 0.2) is 18.7 Å². The molecule has 1 aliphatic rings. The smallest absolute Gasteiger partial charge is 0.306 e. The number of carbonyl (C=O) groups excluding carboxylic acids is 1. The summed E-state index contributed by atoms with van der Waals surface area (Å²) < 4.78 is 1.98. The van der Waals surface area contributed by atoms with Crippen molar-refractivity contribution in [1.29, 1.82) is 0 Å². The van der Waals surface area contributed by atoms with Gasteiger partial charge >= 0.3 is 5.97 Å². The Morgan fingerprint density at radius 1 is 1.43 bits per heavy atom. The number of rotatable bonds is 7. The molecule has 6 nitrogen and oxygen atoms in total. The van der Waals surface area contributed by atoms with Crippen molar-refractivity contribution in [3.05, 3.63) is 18.7 Å². The van der Waals surface area contributed by atoms with Crippen LogP contribution in [0.25, 0.3) is 0 Å². The van der Waals surface area contributed by atoms with Gasteiger partial charge in [-0.3, -0.25) is 9.59 Å². The molecular formula is C15H23N3O3. The van der Waals surface area contributed by atoms with E-state index in [9.17, 15) is 9.59 Å². The summed E-state index contributed by atoms with van der Waals surface area (Å²) in [7, 11) is 0. The minimum absolute atomic E-state index is 0.0873. The molecule has 1 aromatic rings. The molecule has 1 aliphatic heterocycles. The number of hydrogen-bond acceptors (Lipinski definition) is 3. The second kappa shape index (κ2) is 6.74. The first-order valence-electron chi connectivity index (χ1n) is 7.51. The highest BCUT2D eigenvalue weighted by Gasteiger charge is 2.37. The first-order valence-corrected chi connectivity index (χ1v) is 7.51. The second-order valence-corrected chi connectivity index (χ2v) is 5.84. The van der Waals surface area contributed by atoms with Gasteiger partial charge in [0.2, 0.25) is 5.91 Å². The summed E-state index contributed by atoms with van der Waals surface area (Å²) in [5.41, 5.74) is 0. The van der Waals surface area contributed by atoms with Crippen molar-refractivity contribution < 1.29 is 14.7 Å². The lowest BCUT2D eigenvalue weighted by molar-refractivity contribution is -0.150. The van der Waals surface area contributed by atoms with E-state index in [2.05, 4.69) is 11.9 Å². The number of likely N-dealkylation sites (tertiary alicyclic amines) is 1. The first-order chi connectivity index (χ1) is 10.0. The standard InChI is InChI=1S/C15H23N3O3/c1-3-4-13(17-6-5-16-10-17)7-14(19)18-8-12(9-18)11(2)15(20)21/h5-6,10-13H,3-4,7-9H2,1-2H3,(H,20,21). The van der Waals surface area contributed by atoms with Crippen LogP contribution in [0, 0.1) is 11.8 Å². The number of carboxylic acids is 1. The van der Waals surface area contributed by atoms with Crippen LogP contribution in [0.4, 0.5) is 0 Å². The summed E-state index contributed by atoms with van der Waals surface area (Å²) >= 11 is 0. The minimum atomic E-state index is -0.783. The molecule has 0 aliphatic carbocycles. The number of carboxylic acid groups (broad SMARTS) is 1. The van der Waals surface area contributed by atoms with Crippen molar-refractivity contribution in [2.75, 3.05) is 13.1 Å². The van der Waals surface area contributed by atoms with Crippen LogP contribution < -0.4 is 0 Å². The van der Waals surface area contributed by atoms with Gasteiger partial charge in [-0.2, -0.15) is 0 Å². The molecule has 1 saturated heterocycles. The molecule has 2 unspecified atom stereocenters. The van der Waals surface area contributed by atoms with Crippen LogP contribution >= 0.6 is 0 Å². The molecule has 2 rings (SSSR count). The number of imidazole rings is 1. The third-order valence-corrected chi connectivity index (χ3v) is 4.34. The summed E-state index contributed by atoms with van der Waals surface area (Å²) in [4.78, 5) is 29.0. The fourth-order valence-electron chi connectivity index (χ4n) is 2.74. The number of amides is 1. The molecule has 0 saturated carbocycles. The molecule has 1 amide bonds. The Morgan fingerprint density at radius 2 is 2.14 bits per heavy atom. The van der Waals surface area contributed by atoms with Crippen LogP contribution in [0.2, 0.25) is 0 Å². The lowest BCUT2D eigenvalue weighted by Crippen LogP contribution is -2.53. The average Bonchev–Trinajstić information content (AvgIpc) is 2.89. The maximum Gasteiger partial charge on any atom is 0.306 e. The van der Waals surface area contributed by atoms with E-state index < -0.39 is 5.97 Å². The van der Waals surface area contributed by atoms with E-state index in [4.69, 9.17) is 5.11 Å². The normalized spacial score (nSPS) is 18.1. The van der Waals surface area contributed by atoms with Gasteiger partial charge in [-0.15, -0.1) is 0 Å². The molecule has 1 fully saturated rings. The van der Waals surface area contributed by atoms with Crippen LogP contribution in [0.1, 0.15) is 39.2 Å². The lowest BCUT2D eigenvalue weighted by Gasteiger charge is -2.41. The van der Waals surface area contributed by atoms with Gasteiger partial charge in [0.1, 0.15) is 0 Å². The monoisotopic (exact) mass is 293 g/mol. The minimum Gasteiger partial charge on any atom is -0.481 e. The van der Waals surface area contributed by atoms with Gasteiger partial charge in [0, 0.05) is 43.9 Å². The van der Waals surface area contributed by atoms with Gasteiger partial charge in [0.05, 0.1) is 12.2 Å². The van der Waals surface area contributed by atoms with E-state index >= 15 is 0 Å². The van der Waals surface area contributed by atoms with Crippen LogP contribution in [-0.2, 0) is 9.59 Å². The van der Waals surface area contributed by atoms with E-state index in [1.165, 1.54) is 0 Å². The first kappa shape index (κ1) is 15.5. The predicted octanol–water partition coefficient (Wildman–Crippen LogP) is 1.79. The molecule has 2 heterocycles. The van der Waals surface area contributed by atoms with Crippen LogP contribution in [0.5, 0.6) is 0 Å². The van der Waals surface area contributed by atoms with E-state index in [-0.39, 0.29) is 23.8 Å². The zero-order chi connectivity index (χ0) is 15.4. The Labute approximate surface area is 124 Å². The van der Waals surface area contributed by atoms with E-state index in [1.54, 1.807) is 24.3 Å². The SMILES string of the molecule is CCCC(CC(=O)N1CC(C(C)C(=O)O)C1)n1ccnc1.